The fourth-order valence-corrected chi connectivity index (χ4v) is 7.03. The van der Waals surface area contributed by atoms with Gasteiger partial charge in [-0.2, -0.15) is 0 Å². The predicted molar refractivity (Wildman–Crippen MR) is 254 cm³/mol. The molecule has 5 aromatic carbocycles. The van der Waals surface area contributed by atoms with Crippen LogP contribution in [0.3, 0.4) is 0 Å². The van der Waals surface area contributed by atoms with E-state index in [0.717, 1.165) is 58.0 Å². The van der Waals surface area contributed by atoms with E-state index in [1.165, 1.54) is 76.3 Å². The van der Waals surface area contributed by atoms with Gasteiger partial charge in [0, 0.05) is 18.5 Å². The molecule has 0 unspecified atom stereocenters. The third-order valence-corrected chi connectivity index (χ3v) is 10.8. The van der Waals surface area contributed by atoms with Crippen LogP contribution in [0.15, 0.2) is 107 Å². The molecule has 8 nitrogen and oxygen atoms in total. The first-order chi connectivity index (χ1) is 30.1. The summed E-state index contributed by atoms with van der Waals surface area (Å²) in [6, 6.07) is 28.0. The summed E-state index contributed by atoms with van der Waals surface area (Å²) in [5.41, 5.74) is 5.82. The van der Waals surface area contributed by atoms with Gasteiger partial charge in [-0.3, -0.25) is 9.98 Å². The van der Waals surface area contributed by atoms with Crippen LogP contribution in [0, 0.1) is 13.8 Å². The number of rotatable bonds is 24. The standard InChI is InChI=1S/C52H58Cl2N2O6/c1-5-7-9-11-13-15-29-59-47-27-25-43(31-37(47)3)55-35-39-17-21-41(22-18-39)51(57)61-49-34-50(46(54)33-45(49)53)62-52(58)42-23-19-40(20-24-42)36-56-44-26-28-48(38(4)32-44)60-30-16-14-12-10-8-6-2/h17-28,31-36H,5-16,29-30H2,1-4H3. The number of benzene rings is 5. The Labute approximate surface area is 377 Å². The van der Waals surface area contributed by atoms with Crippen LogP contribution in [0.2, 0.25) is 10.0 Å². The Kier molecular flexibility index (Phi) is 19.6. The fourth-order valence-electron chi connectivity index (χ4n) is 6.57. The van der Waals surface area contributed by atoms with Crippen molar-refractivity contribution in [3.8, 4) is 23.0 Å². The number of aliphatic imine (C=N–C) groups is 2. The molecule has 5 aromatic rings. The van der Waals surface area contributed by atoms with Gasteiger partial charge in [-0.05, 0) is 116 Å². The number of ether oxygens (including phenoxy) is 4. The number of aryl methyl sites for hydroxylation is 2. The Hall–Kier alpha value is -5.44. The number of carbonyl (C=O) groups is 2. The van der Waals surface area contributed by atoms with Crippen molar-refractivity contribution in [3.05, 3.63) is 140 Å². The number of hydrogen-bond donors (Lipinski definition) is 0. The Bertz CT molecular complexity index is 2120. The smallest absolute Gasteiger partial charge is 0.343 e. The van der Waals surface area contributed by atoms with E-state index < -0.39 is 11.9 Å². The second-order valence-electron chi connectivity index (χ2n) is 15.4. The Morgan fingerprint density at radius 2 is 0.871 bits per heavy atom. The van der Waals surface area contributed by atoms with Crippen molar-refractivity contribution in [3.63, 3.8) is 0 Å². The van der Waals surface area contributed by atoms with E-state index in [2.05, 4.69) is 23.8 Å². The van der Waals surface area contributed by atoms with E-state index in [9.17, 15) is 9.59 Å². The van der Waals surface area contributed by atoms with Gasteiger partial charge < -0.3 is 18.9 Å². The van der Waals surface area contributed by atoms with Gasteiger partial charge in [0.15, 0.2) is 11.5 Å². The summed E-state index contributed by atoms with van der Waals surface area (Å²) in [6.45, 7) is 9.90. The van der Waals surface area contributed by atoms with Gasteiger partial charge in [0.25, 0.3) is 0 Å². The predicted octanol–water partition coefficient (Wildman–Crippen LogP) is 15.0. The van der Waals surface area contributed by atoms with E-state index in [0.29, 0.717) is 13.2 Å². The Balaban J connectivity index is 1.10. The summed E-state index contributed by atoms with van der Waals surface area (Å²) in [5.74, 6) is 0.421. The maximum absolute atomic E-state index is 13.1. The first-order valence-electron chi connectivity index (χ1n) is 21.8. The summed E-state index contributed by atoms with van der Waals surface area (Å²) in [7, 11) is 0. The van der Waals surface area contributed by atoms with Gasteiger partial charge in [0.1, 0.15) is 11.5 Å². The van der Waals surface area contributed by atoms with E-state index in [1.807, 2.05) is 50.2 Å². The van der Waals surface area contributed by atoms with Crippen molar-refractivity contribution in [1.29, 1.82) is 0 Å². The van der Waals surface area contributed by atoms with Crippen molar-refractivity contribution in [1.82, 2.24) is 0 Å². The van der Waals surface area contributed by atoms with Crippen molar-refractivity contribution in [2.75, 3.05) is 13.2 Å². The van der Waals surface area contributed by atoms with Crippen molar-refractivity contribution >= 4 is 58.9 Å². The normalized spacial score (nSPS) is 11.3. The molecule has 0 aliphatic rings. The molecule has 0 fully saturated rings. The third kappa shape index (κ3) is 15.5. The van der Waals surface area contributed by atoms with Crippen LogP contribution in [0.1, 0.15) is 134 Å². The minimum Gasteiger partial charge on any atom is -0.493 e. The lowest BCUT2D eigenvalue weighted by molar-refractivity contribution is 0.0733. The number of carbonyl (C=O) groups excluding carboxylic acids is 2. The van der Waals surface area contributed by atoms with Crippen LogP contribution < -0.4 is 18.9 Å². The lowest BCUT2D eigenvalue weighted by atomic mass is 10.1. The molecule has 326 valence electrons. The second-order valence-corrected chi connectivity index (χ2v) is 16.2. The van der Waals surface area contributed by atoms with Gasteiger partial charge in [-0.15, -0.1) is 0 Å². The van der Waals surface area contributed by atoms with Crippen LogP contribution in [0.5, 0.6) is 23.0 Å². The van der Waals surface area contributed by atoms with Gasteiger partial charge in [-0.1, -0.05) is 126 Å². The quantitative estimate of drug-likeness (QED) is 0.0265. The van der Waals surface area contributed by atoms with Gasteiger partial charge in [-0.25, -0.2) is 9.59 Å². The summed E-state index contributed by atoms with van der Waals surface area (Å²) in [4.78, 5) is 35.5. The maximum Gasteiger partial charge on any atom is 0.343 e. The molecule has 10 heteroatoms. The highest BCUT2D eigenvalue weighted by Crippen LogP contribution is 2.37. The van der Waals surface area contributed by atoms with Crippen LogP contribution in [0.4, 0.5) is 11.4 Å². The molecule has 0 aliphatic carbocycles. The molecule has 0 atom stereocenters. The molecule has 0 bridgehead atoms. The highest BCUT2D eigenvalue weighted by atomic mass is 35.5. The third-order valence-electron chi connectivity index (χ3n) is 10.2. The first kappa shape index (κ1) is 47.6. The summed E-state index contributed by atoms with van der Waals surface area (Å²) < 4.78 is 23.2. The Morgan fingerprint density at radius 1 is 0.484 bits per heavy atom. The number of esters is 2. The van der Waals surface area contributed by atoms with Crippen LogP contribution in [-0.4, -0.2) is 37.6 Å². The van der Waals surface area contributed by atoms with Gasteiger partial charge in [0.2, 0.25) is 0 Å². The molecule has 0 heterocycles. The topological polar surface area (TPSA) is 95.8 Å². The van der Waals surface area contributed by atoms with E-state index in [-0.39, 0.29) is 32.7 Å². The van der Waals surface area contributed by atoms with Crippen LogP contribution in [-0.2, 0) is 0 Å². The zero-order valence-corrected chi connectivity index (χ0v) is 37.9. The van der Waals surface area contributed by atoms with Crippen LogP contribution in [0.25, 0.3) is 0 Å². The molecule has 5 rings (SSSR count). The largest absolute Gasteiger partial charge is 0.493 e. The molecule has 0 radical (unpaired) electrons. The lowest BCUT2D eigenvalue weighted by Crippen LogP contribution is -2.11. The van der Waals surface area contributed by atoms with Gasteiger partial charge >= 0.3 is 11.9 Å². The number of halogens is 2. The molecule has 0 aromatic heterocycles. The van der Waals surface area contributed by atoms with Crippen molar-refractivity contribution in [2.24, 2.45) is 9.98 Å². The van der Waals surface area contributed by atoms with Crippen molar-refractivity contribution in [2.45, 2.75) is 105 Å². The zero-order chi connectivity index (χ0) is 44.1. The molecule has 0 N–H and O–H groups in total. The van der Waals surface area contributed by atoms with Crippen LogP contribution >= 0.6 is 23.2 Å². The first-order valence-corrected chi connectivity index (χ1v) is 22.6. The van der Waals surface area contributed by atoms with E-state index in [4.69, 9.17) is 42.1 Å². The molecule has 0 saturated heterocycles. The fraction of sp³-hybridized carbons (Fsp3) is 0.346. The molecule has 0 amide bonds. The number of unbranched alkanes of at least 4 members (excludes halogenated alkanes) is 10. The average molecular weight is 878 g/mol. The average Bonchev–Trinajstić information content (AvgIpc) is 3.27. The molecular formula is C52H58Cl2N2O6. The molecule has 0 aliphatic heterocycles. The molecular weight excluding hydrogens is 819 g/mol. The highest BCUT2D eigenvalue weighted by Gasteiger charge is 2.18. The minimum absolute atomic E-state index is 0.0107. The lowest BCUT2D eigenvalue weighted by Gasteiger charge is -2.11. The number of nitrogens with zero attached hydrogens (tertiary/aromatic N) is 2. The SMILES string of the molecule is CCCCCCCCOc1ccc(N=Cc2ccc(C(=O)Oc3cc(OC(=O)c4ccc(C=Nc5ccc(OCCCCCCCC)c(C)c5)cc4)c(Cl)cc3Cl)cc2)cc1C. The summed E-state index contributed by atoms with van der Waals surface area (Å²) in [5, 5.41) is 0.158. The molecule has 62 heavy (non-hydrogen) atoms. The Morgan fingerprint density at radius 3 is 1.26 bits per heavy atom. The highest BCUT2D eigenvalue weighted by molar-refractivity contribution is 6.36. The minimum atomic E-state index is -0.651. The molecule has 0 spiro atoms. The number of hydrogen-bond acceptors (Lipinski definition) is 8. The zero-order valence-electron chi connectivity index (χ0n) is 36.4. The molecule has 0 saturated carbocycles. The van der Waals surface area contributed by atoms with E-state index >= 15 is 0 Å². The van der Waals surface area contributed by atoms with Crippen molar-refractivity contribution < 1.29 is 28.5 Å². The van der Waals surface area contributed by atoms with E-state index in [1.54, 1.807) is 61.0 Å². The maximum atomic E-state index is 13.1. The second kappa shape index (κ2) is 25.5. The summed E-state index contributed by atoms with van der Waals surface area (Å²) in [6.07, 6.45) is 18.1. The monoisotopic (exact) mass is 876 g/mol. The summed E-state index contributed by atoms with van der Waals surface area (Å²) >= 11 is 12.8. The van der Waals surface area contributed by atoms with Gasteiger partial charge in [0.05, 0.1) is 45.8 Å².